The van der Waals surface area contributed by atoms with Crippen LogP contribution < -0.4 is 0 Å². The van der Waals surface area contributed by atoms with Crippen LogP contribution in [0.25, 0.3) is 6.08 Å². The van der Waals surface area contributed by atoms with Crippen molar-refractivity contribution < 1.29 is 5.11 Å². The van der Waals surface area contributed by atoms with Crippen LogP contribution in [0, 0.1) is 0 Å². The molecule has 0 aliphatic carbocycles. The maximum atomic E-state index is 8.93. The molecule has 1 heterocycles. The zero-order valence-electron chi connectivity index (χ0n) is 6.29. The average molecular weight is 224 g/mol. The van der Waals surface area contributed by atoms with E-state index in [1.807, 2.05) is 0 Å². The molecule has 0 spiro atoms. The van der Waals surface area contributed by atoms with Crippen molar-refractivity contribution in [3.05, 3.63) is 20.6 Å². The van der Waals surface area contributed by atoms with Crippen LogP contribution in [-0.4, -0.2) is 16.2 Å². The minimum absolute atomic E-state index is 0.377. The average Bonchev–Trinajstić information content (AvgIpc) is 2.26. The number of halogens is 2. The Morgan fingerprint density at radius 2 is 2.25 bits per heavy atom. The van der Waals surface area contributed by atoms with Crippen LogP contribution in [0.3, 0.4) is 0 Å². The predicted molar refractivity (Wildman–Crippen MR) is 52.8 cm³/mol. The maximum absolute atomic E-state index is 8.93. The lowest BCUT2D eigenvalue weighted by Crippen LogP contribution is -1.90. The highest BCUT2D eigenvalue weighted by molar-refractivity contribution is 7.17. The molecule has 0 radical (unpaired) electrons. The number of hydrogen-bond acceptors (Lipinski definition) is 3. The lowest BCUT2D eigenvalue weighted by molar-refractivity contribution is 0.245. The van der Waals surface area contributed by atoms with Crippen molar-refractivity contribution in [1.29, 1.82) is 0 Å². The number of aromatic nitrogens is 1. The molecule has 1 aromatic rings. The van der Waals surface area contributed by atoms with Crippen LogP contribution in [0.15, 0.2) is 6.08 Å². The largest absolute Gasteiger partial charge is 0.389 e. The molecule has 12 heavy (non-hydrogen) atoms. The predicted octanol–water partition coefficient (Wildman–Crippen LogP) is 2.84. The molecule has 0 fully saturated rings. The van der Waals surface area contributed by atoms with Crippen molar-refractivity contribution in [2.75, 3.05) is 0 Å². The molecular weight excluding hydrogens is 217 g/mol. The molecule has 1 unspecified atom stereocenters. The van der Waals surface area contributed by atoms with E-state index in [0.717, 1.165) is 4.88 Å². The lowest BCUT2D eigenvalue weighted by atomic mass is 10.3. The number of rotatable bonds is 2. The quantitative estimate of drug-likeness (QED) is 0.837. The van der Waals surface area contributed by atoms with Gasteiger partial charge in [0.15, 0.2) is 4.47 Å². The Labute approximate surface area is 84.5 Å². The molecule has 0 saturated heterocycles. The Morgan fingerprint density at radius 1 is 1.58 bits per heavy atom. The van der Waals surface area contributed by atoms with Crippen LogP contribution in [0.4, 0.5) is 0 Å². The molecule has 1 aromatic heterocycles. The summed E-state index contributed by atoms with van der Waals surface area (Å²) >= 11 is 12.6. The summed E-state index contributed by atoms with van der Waals surface area (Å²) < 4.78 is 0.408. The van der Waals surface area contributed by atoms with Gasteiger partial charge in [0.05, 0.1) is 11.0 Å². The Bertz CT molecular complexity index is 296. The van der Waals surface area contributed by atoms with Crippen molar-refractivity contribution in [3.63, 3.8) is 0 Å². The lowest BCUT2D eigenvalue weighted by Gasteiger charge is -1.91. The topological polar surface area (TPSA) is 33.1 Å². The molecule has 0 aliphatic heterocycles. The third-order valence-electron chi connectivity index (χ3n) is 1.11. The van der Waals surface area contributed by atoms with Crippen LogP contribution in [-0.2, 0) is 0 Å². The van der Waals surface area contributed by atoms with Gasteiger partial charge in [0.25, 0.3) is 0 Å². The van der Waals surface area contributed by atoms with Gasteiger partial charge in [-0.1, -0.05) is 29.3 Å². The van der Waals surface area contributed by atoms with E-state index in [4.69, 9.17) is 28.3 Å². The van der Waals surface area contributed by atoms with Gasteiger partial charge in [-0.25, -0.2) is 4.98 Å². The Hall–Kier alpha value is -0.0900. The van der Waals surface area contributed by atoms with E-state index in [1.54, 1.807) is 19.1 Å². The highest BCUT2D eigenvalue weighted by Crippen LogP contribution is 2.27. The fraction of sp³-hybridized carbons (Fsp3) is 0.286. The van der Waals surface area contributed by atoms with Crippen LogP contribution in [0.2, 0.25) is 9.62 Å². The molecule has 5 heteroatoms. The summed E-state index contributed by atoms with van der Waals surface area (Å²) in [5, 5.41) is 9.31. The third kappa shape index (κ3) is 2.75. The number of aliphatic hydroxyl groups excluding tert-OH is 1. The van der Waals surface area contributed by atoms with E-state index in [9.17, 15) is 0 Å². The summed E-state index contributed by atoms with van der Waals surface area (Å²) in [6.07, 6.45) is 2.84. The maximum Gasteiger partial charge on any atom is 0.185 e. The molecule has 0 amide bonds. The molecule has 0 saturated carbocycles. The molecule has 66 valence electrons. The number of hydrogen-bond donors (Lipinski definition) is 1. The summed E-state index contributed by atoms with van der Waals surface area (Å²) in [5.41, 5.74) is 0. The van der Waals surface area contributed by atoms with Gasteiger partial charge >= 0.3 is 0 Å². The SMILES string of the molecule is CC(O)/C=C/c1sc(Cl)nc1Cl. The molecule has 1 rings (SSSR count). The van der Waals surface area contributed by atoms with Gasteiger partial charge in [0, 0.05) is 0 Å². The van der Waals surface area contributed by atoms with Crippen LogP contribution >= 0.6 is 34.5 Å². The van der Waals surface area contributed by atoms with Crippen molar-refractivity contribution in [3.8, 4) is 0 Å². The molecule has 0 aromatic carbocycles. The van der Waals surface area contributed by atoms with E-state index in [2.05, 4.69) is 4.98 Å². The Morgan fingerprint density at radius 3 is 2.67 bits per heavy atom. The molecule has 0 aliphatic rings. The summed E-state index contributed by atoms with van der Waals surface area (Å²) in [4.78, 5) is 4.57. The van der Waals surface area contributed by atoms with Crippen LogP contribution in [0.1, 0.15) is 11.8 Å². The monoisotopic (exact) mass is 223 g/mol. The van der Waals surface area contributed by atoms with Crippen molar-refractivity contribution >= 4 is 40.6 Å². The van der Waals surface area contributed by atoms with Gasteiger partial charge in [0.2, 0.25) is 0 Å². The second kappa shape index (κ2) is 4.23. The van der Waals surface area contributed by atoms with E-state index in [0.29, 0.717) is 9.62 Å². The standard InChI is InChI=1S/C7H7Cl2NOS/c1-4(11)2-3-5-6(8)10-7(9)12-5/h2-4,11H,1H3/b3-2+. The summed E-state index contributed by atoms with van der Waals surface area (Å²) in [6, 6.07) is 0. The first-order valence-electron chi connectivity index (χ1n) is 3.27. The second-order valence-electron chi connectivity index (χ2n) is 2.22. The fourth-order valence-electron chi connectivity index (χ4n) is 0.617. The smallest absolute Gasteiger partial charge is 0.185 e. The molecule has 1 N–H and O–H groups in total. The van der Waals surface area contributed by atoms with Crippen molar-refractivity contribution in [2.24, 2.45) is 0 Å². The highest BCUT2D eigenvalue weighted by atomic mass is 35.5. The first kappa shape index (κ1) is 9.99. The van der Waals surface area contributed by atoms with Gasteiger partial charge in [-0.3, -0.25) is 0 Å². The molecule has 1 atom stereocenters. The van der Waals surface area contributed by atoms with E-state index >= 15 is 0 Å². The molecule has 2 nitrogen and oxygen atoms in total. The van der Waals surface area contributed by atoms with E-state index in [-0.39, 0.29) is 0 Å². The molecular formula is C7H7Cl2NOS. The van der Waals surface area contributed by atoms with Gasteiger partial charge in [0.1, 0.15) is 5.15 Å². The summed E-state index contributed by atoms with van der Waals surface area (Å²) in [5.74, 6) is 0. The summed E-state index contributed by atoms with van der Waals surface area (Å²) in [7, 11) is 0. The highest BCUT2D eigenvalue weighted by Gasteiger charge is 2.03. The van der Waals surface area contributed by atoms with Gasteiger partial charge in [-0.05, 0) is 13.0 Å². The zero-order chi connectivity index (χ0) is 9.14. The van der Waals surface area contributed by atoms with Gasteiger partial charge < -0.3 is 5.11 Å². The first-order chi connectivity index (χ1) is 5.59. The van der Waals surface area contributed by atoms with Gasteiger partial charge in [-0.2, -0.15) is 0 Å². The first-order valence-corrected chi connectivity index (χ1v) is 4.85. The van der Waals surface area contributed by atoms with E-state index < -0.39 is 6.10 Å². The normalized spacial score (nSPS) is 14.0. The number of aliphatic hydroxyl groups is 1. The fourth-order valence-corrected chi connectivity index (χ4v) is 1.90. The second-order valence-corrected chi connectivity index (χ2v) is 4.19. The van der Waals surface area contributed by atoms with Crippen molar-refractivity contribution in [1.82, 2.24) is 4.98 Å². The minimum atomic E-state index is -0.484. The van der Waals surface area contributed by atoms with E-state index in [1.165, 1.54) is 11.3 Å². The van der Waals surface area contributed by atoms with Crippen LogP contribution in [0.5, 0.6) is 0 Å². The molecule has 0 bridgehead atoms. The number of thiazole rings is 1. The number of nitrogens with zero attached hydrogens (tertiary/aromatic N) is 1. The van der Waals surface area contributed by atoms with Gasteiger partial charge in [-0.15, -0.1) is 11.3 Å². The third-order valence-corrected chi connectivity index (χ3v) is 2.63. The van der Waals surface area contributed by atoms with Crippen molar-refractivity contribution in [2.45, 2.75) is 13.0 Å². The minimum Gasteiger partial charge on any atom is -0.389 e. The Balaban J connectivity index is 2.81. The zero-order valence-corrected chi connectivity index (χ0v) is 8.62. The Kier molecular flexibility index (Phi) is 3.53. The summed E-state index contributed by atoms with van der Waals surface area (Å²) in [6.45, 7) is 1.66.